The minimum Gasteiger partial charge on any atom is -0.508 e. The number of hydrogen-bond acceptors (Lipinski definition) is 11. The van der Waals surface area contributed by atoms with E-state index in [1.54, 1.807) is 36.9 Å². The minimum atomic E-state index is -0.670. The number of phenolic OH excluding ortho intramolecular Hbond substituents is 3. The van der Waals surface area contributed by atoms with Crippen LogP contribution in [-0.4, -0.2) is 80.6 Å². The predicted molar refractivity (Wildman–Crippen MR) is 339 cm³/mol. The van der Waals surface area contributed by atoms with Gasteiger partial charge in [-0.15, -0.1) is 0 Å². The van der Waals surface area contributed by atoms with Crippen LogP contribution in [0.1, 0.15) is 158 Å². The highest BCUT2D eigenvalue weighted by Crippen LogP contribution is 2.69. The van der Waals surface area contributed by atoms with E-state index in [4.69, 9.17) is 18.9 Å². The molecule has 0 radical (unpaired) electrons. The number of dihydropyridines is 1. The van der Waals surface area contributed by atoms with Crippen LogP contribution in [0.5, 0.6) is 23.0 Å². The number of aliphatic hydroxyl groups is 2. The van der Waals surface area contributed by atoms with E-state index in [1.807, 2.05) is 18.2 Å². The van der Waals surface area contributed by atoms with Crippen LogP contribution >= 0.6 is 0 Å². The van der Waals surface area contributed by atoms with Gasteiger partial charge in [-0.25, -0.2) is 0 Å². The summed E-state index contributed by atoms with van der Waals surface area (Å²) in [6.45, 7) is 1.07. The number of aryl methyl sites for hydroxylation is 2. The molecule has 5 aromatic carbocycles. The molecule has 1 aromatic heterocycles. The average molecular weight is 1180 g/mol. The van der Waals surface area contributed by atoms with Crippen molar-refractivity contribution in [2.75, 3.05) is 20.3 Å². The molecule has 12 heteroatoms. The second-order valence-electron chi connectivity index (χ2n) is 28.1. The van der Waals surface area contributed by atoms with Gasteiger partial charge in [0.05, 0.1) is 37.6 Å². The molecule has 0 amide bonds. The summed E-state index contributed by atoms with van der Waals surface area (Å²) in [5, 5.41) is 66.9. The molecule has 6 aliphatic heterocycles. The second kappa shape index (κ2) is 22.7. The molecular formula is C76H85N3O9. The molecule has 8 bridgehead atoms. The Morgan fingerprint density at radius 2 is 1.67 bits per heavy atom. The van der Waals surface area contributed by atoms with E-state index in [1.165, 1.54) is 54.4 Å². The van der Waals surface area contributed by atoms with Crippen molar-refractivity contribution in [1.82, 2.24) is 15.2 Å². The summed E-state index contributed by atoms with van der Waals surface area (Å²) in [7, 11) is 1.78. The zero-order chi connectivity index (χ0) is 59.4. The van der Waals surface area contributed by atoms with Crippen LogP contribution in [0.3, 0.4) is 0 Å². The Bertz CT molecular complexity index is 3870. The number of nitrogens with one attached hydrogen (secondary N) is 2. The fraction of sp³-hybridized carbons (Fsp3) is 0.500. The predicted octanol–water partition coefficient (Wildman–Crippen LogP) is 12.3. The minimum absolute atomic E-state index is 0.0432. The third-order valence-electron chi connectivity index (χ3n) is 23.5. The van der Waals surface area contributed by atoms with Crippen molar-refractivity contribution in [2.45, 2.75) is 184 Å². The Kier molecular flexibility index (Phi) is 14.6. The molecule has 6 aromatic rings. The zero-order valence-electron chi connectivity index (χ0n) is 50.9. The van der Waals surface area contributed by atoms with Crippen LogP contribution in [0, 0.1) is 47.3 Å². The first-order valence-corrected chi connectivity index (χ1v) is 33.5. The zero-order valence-corrected chi connectivity index (χ0v) is 50.9. The molecule has 4 fully saturated rings. The van der Waals surface area contributed by atoms with Gasteiger partial charge in [0.15, 0.2) is 11.5 Å². The largest absolute Gasteiger partial charge is 0.508 e. The van der Waals surface area contributed by atoms with Gasteiger partial charge < -0.3 is 54.4 Å². The first-order valence-electron chi connectivity index (χ1n) is 33.5. The lowest BCUT2D eigenvalue weighted by atomic mass is 9.39. The number of fused-ring (bicyclic) bond motifs is 4. The first-order chi connectivity index (χ1) is 43.0. The summed E-state index contributed by atoms with van der Waals surface area (Å²) in [4.78, 5) is 0. The normalized spacial score (nSPS) is 31.3. The lowest BCUT2D eigenvalue weighted by Gasteiger charge is -2.69. The quantitative estimate of drug-likeness (QED) is 0.0725. The van der Waals surface area contributed by atoms with E-state index in [0.717, 1.165) is 138 Å². The third-order valence-corrected chi connectivity index (χ3v) is 23.5. The van der Waals surface area contributed by atoms with Crippen molar-refractivity contribution in [3.8, 4) is 34.8 Å². The van der Waals surface area contributed by atoms with Crippen molar-refractivity contribution >= 4 is 16.6 Å². The number of phenols is 3. The van der Waals surface area contributed by atoms with Crippen LogP contribution < -0.4 is 15.4 Å². The summed E-state index contributed by atoms with van der Waals surface area (Å²) in [5.74, 6) is 11.4. The molecule has 12 atom stereocenters. The fourth-order valence-corrected chi connectivity index (χ4v) is 19.5. The molecule has 17 rings (SSSR count). The maximum atomic E-state index is 12.5. The first kappa shape index (κ1) is 56.7. The van der Waals surface area contributed by atoms with Crippen LogP contribution in [0.15, 0.2) is 108 Å². The molecule has 458 valence electrons. The smallest absolute Gasteiger partial charge is 0.164 e. The van der Waals surface area contributed by atoms with Gasteiger partial charge in [0, 0.05) is 70.7 Å². The Labute approximate surface area is 517 Å². The number of nitrogens with zero attached hydrogens (tertiary/aromatic N) is 1. The fourth-order valence-electron chi connectivity index (χ4n) is 19.5. The lowest BCUT2D eigenvalue weighted by molar-refractivity contribution is -0.247. The van der Waals surface area contributed by atoms with Crippen molar-refractivity contribution in [3.63, 3.8) is 0 Å². The van der Waals surface area contributed by atoms with Gasteiger partial charge in [0.1, 0.15) is 36.3 Å². The highest BCUT2D eigenvalue weighted by molar-refractivity contribution is 5.89. The third kappa shape index (κ3) is 9.53. The van der Waals surface area contributed by atoms with Gasteiger partial charge in [-0.3, -0.25) is 5.32 Å². The summed E-state index contributed by atoms with van der Waals surface area (Å²) in [5.41, 5.74) is 15.3. The monoisotopic (exact) mass is 1180 g/mol. The number of aromatic nitrogens is 1. The molecule has 88 heavy (non-hydrogen) atoms. The van der Waals surface area contributed by atoms with E-state index in [2.05, 4.69) is 75.8 Å². The topological polar surface area (TPSA) is 167 Å². The van der Waals surface area contributed by atoms with Crippen molar-refractivity contribution < 1.29 is 44.5 Å². The Hall–Kier alpha value is -6.56. The number of methoxy groups -OCH3 is 1. The van der Waals surface area contributed by atoms with Gasteiger partial charge in [0.25, 0.3) is 0 Å². The number of rotatable bonds is 8. The van der Waals surface area contributed by atoms with Gasteiger partial charge in [-0.05, 0) is 231 Å². The van der Waals surface area contributed by atoms with Crippen molar-refractivity contribution in [1.29, 1.82) is 0 Å². The average Bonchev–Trinajstić information content (AvgIpc) is 0.745. The van der Waals surface area contributed by atoms with E-state index < -0.39 is 6.10 Å². The molecular weight excluding hydrogens is 1100 g/mol. The molecule has 11 aliphatic rings. The molecule has 2 saturated heterocycles. The highest BCUT2D eigenvalue weighted by Gasteiger charge is 2.69. The summed E-state index contributed by atoms with van der Waals surface area (Å²) >= 11 is 0. The Morgan fingerprint density at radius 3 is 2.57 bits per heavy atom. The molecule has 2 saturated carbocycles. The lowest BCUT2D eigenvalue weighted by Crippen LogP contribution is -2.70. The van der Waals surface area contributed by atoms with Crippen LogP contribution in [-0.2, 0) is 71.4 Å². The van der Waals surface area contributed by atoms with Crippen molar-refractivity contribution in [2.24, 2.45) is 35.5 Å². The van der Waals surface area contributed by atoms with Crippen LogP contribution in [0.4, 0.5) is 0 Å². The van der Waals surface area contributed by atoms with E-state index in [0.29, 0.717) is 73.7 Å². The number of aromatic hydroxyl groups is 3. The summed E-state index contributed by atoms with van der Waals surface area (Å²) in [6.07, 6.45) is 22.3. The van der Waals surface area contributed by atoms with Gasteiger partial charge >= 0.3 is 0 Å². The van der Waals surface area contributed by atoms with Crippen molar-refractivity contribution in [3.05, 3.63) is 169 Å². The Balaban J connectivity index is 0.869. The molecule has 7 N–H and O–H groups in total. The summed E-state index contributed by atoms with van der Waals surface area (Å²) < 4.78 is 30.4. The molecule has 7 heterocycles. The summed E-state index contributed by atoms with van der Waals surface area (Å²) in [6, 6.07) is 27.2. The Morgan fingerprint density at radius 1 is 0.761 bits per heavy atom. The van der Waals surface area contributed by atoms with E-state index >= 15 is 0 Å². The number of benzene rings is 5. The number of ether oxygens (including phenoxy) is 4. The number of aliphatic hydroxyl groups excluding tert-OH is 2. The van der Waals surface area contributed by atoms with Gasteiger partial charge in [-0.1, -0.05) is 73.2 Å². The molecule has 12 unspecified atom stereocenters. The standard InChI is InChI=1S/C76H85N3O9/c1-85-69-27-25-62-60-23-16-44(14-15-45-17-26-66(82)51(29-45)30-46-8-4-12-58(81)31-46)7-5-13-59-37-67(83)48-20-24-61-63(35-48)53(40-80)36-68(84)71(61)87-41-54-34-57(33-52-38-79(39-64(52)54)74(65(60)43-86-59)78-73(62)77-69)76-56-22-18-47-9-6-10-49(70(47)76)32-50-19-21-55-11-2-3-28-75(55,72(50)76)88-42-56/h4,6,8-10,12,17,26,29,31,33-34,36,38-39,44,48,50,55-56,59,67,69,72-73,77-78,80-84H,2-3,5,7,11,13-15,18-22,24-25,27-28,30,32,35,37,40-43H2,1H3. The van der Waals surface area contributed by atoms with E-state index in [-0.39, 0.29) is 71.8 Å². The maximum absolute atomic E-state index is 12.5. The molecule has 12 nitrogen and oxygen atoms in total. The maximum Gasteiger partial charge on any atom is 0.164 e. The SMILES string of the molecule is COC1CCC2=C3C#CC(CCc4ccc(O)c(Cc5cccc(O)c5)c4)CCCC4CC(O)C5CCc6c(c(CO)cc(O)c6OCc6cc(C78c9c%10cccc9CC9CCC%11CCCCC%11(OCC7CC%10)C98)cc7cn(cc67)C(=C3CO4)NC2N1)C5. The molecule has 1 spiro atoms. The molecule has 5 aliphatic carbocycles. The highest BCUT2D eigenvalue weighted by atomic mass is 16.5. The number of piperidine rings is 1. The van der Waals surface area contributed by atoms with Crippen LogP contribution in [0.25, 0.3) is 16.6 Å². The van der Waals surface area contributed by atoms with E-state index in [9.17, 15) is 25.5 Å². The van der Waals surface area contributed by atoms with Crippen LogP contribution in [0.2, 0.25) is 0 Å². The number of hydrogen-bond donors (Lipinski definition) is 7. The second-order valence-corrected chi connectivity index (χ2v) is 28.1. The van der Waals surface area contributed by atoms with Gasteiger partial charge in [0.2, 0.25) is 0 Å². The van der Waals surface area contributed by atoms with Gasteiger partial charge in [-0.2, -0.15) is 0 Å².